The number of hydrogen-bond donors (Lipinski definition) is 2. The number of benzene rings is 1. The van der Waals surface area contributed by atoms with Crippen LogP contribution < -0.4 is 10.6 Å². The summed E-state index contributed by atoms with van der Waals surface area (Å²) < 4.78 is 38.6. The molecule has 0 spiro atoms. The molecule has 1 saturated carbocycles. The number of alkyl halides is 3. The van der Waals surface area contributed by atoms with Crippen LogP contribution in [0.25, 0.3) is 0 Å². The van der Waals surface area contributed by atoms with Crippen LogP contribution in [0.2, 0.25) is 5.02 Å². The van der Waals surface area contributed by atoms with Crippen molar-refractivity contribution in [1.29, 1.82) is 0 Å². The number of halogens is 4. The van der Waals surface area contributed by atoms with Crippen molar-refractivity contribution in [3.05, 3.63) is 28.8 Å². The van der Waals surface area contributed by atoms with Crippen molar-refractivity contribution in [3.8, 4) is 0 Å². The van der Waals surface area contributed by atoms with Gasteiger partial charge in [-0.15, -0.1) is 0 Å². The lowest BCUT2D eigenvalue weighted by Gasteiger charge is -2.20. The topological polar surface area (TPSA) is 41.1 Å². The molecule has 2 N–H and O–H groups in total. The molecule has 2 rings (SSSR count). The van der Waals surface area contributed by atoms with Crippen molar-refractivity contribution in [2.24, 2.45) is 0 Å². The van der Waals surface area contributed by atoms with Gasteiger partial charge in [-0.05, 0) is 31.0 Å². The molecule has 0 aromatic heterocycles. The molecule has 2 amide bonds. The van der Waals surface area contributed by atoms with Gasteiger partial charge in [-0.2, -0.15) is 13.2 Å². The predicted octanol–water partition coefficient (Wildman–Crippen LogP) is 7.15. The summed E-state index contributed by atoms with van der Waals surface area (Å²) in [6.45, 7) is 0. The van der Waals surface area contributed by atoms with Crippen molar-refractivity contribution in [2.45, 2.75) is 82.8 Å². The molecule has 0 heterocycles. The minimum atomic E-state index is -4.48. The Bertz CT molecular complexity index is 595. The van der Waals surface area contributed by atoms with Gasteiger partial charge in [0.15, 0.2) is 0 Å². The van der Waals surface area contributed by atoms with E-state index < -0.39 is 17.8 Å². The quantitative estimate of drug-likeness (QED) is 0.539. The molecule has 1 aliphatic carbocycles. The van der Waals surface area contributed by atoms with E-state index in [4.69, 9.17) is 11.6 Å². The number of rotatable bonds is 2. The smallest absolute Gasteiger partial charge is 0.335 e. The van der Waals surface area contributed by atoms with E-state index in [0.717, 1.165) is 56.7 Å². The van der Waals surface area contributed by atoms with Gasteiger partial charge in [0.1, 0.15) is 0 Å². The maximum absolute atomic E-state index is 12.9. The Labute approximate surface area is 164 Å². The fraction of sp³-hybridized carbons (Fsp3) is 0.650. The molecule has 0 radical (unpaired) electrons. The molecule has 152 valence electrons. The highest BCUT2D eigenvalue weighted by Gasteiger charge is 2.31. The molecule has 0 aliphatic heterocycles. The first-order valence-corrected chi connectivity index (χ1v) is 10.2. The number of carbonyl (C=O) groups excluding carboxylic acids is 1. The summed E-state index contributed by atoms with van der Waals surface area (Å²) in [6, 6.07) is 2.44. The van der Waals surface area contributed by atoms with Crippen molar-refractivity contribution in [2.75, 3.05) is 5.32 Å². The third-order valence-electron chi connectivity index (χ3n) is 4.98. The molecule has 1 aromatic carbocycles. The average Bonchev–Trinajstić information content (AvgIpc) is 2.58. The minimum Gasteiger partial charge on any atom is -0.335 e. The highest BCUT2D eigenvalue weighted by atomic mass is 35.5. The van der Waals surface area contributed by atoms with Gasteiger partial charge < -0.3 is 10.6 Å². The first kappa shape index (κ1) is 21.9. The number of nitrogens with one attached hydrogen (secondary N) is 2. The third kappa shape index (κ3) is 7.99. The first-order chi connectivity index (χ1) is 12.9. The molecule has 0 atom stereocenters. The predicted molar refractivity (Wildman–Crippen MR) is 103 cm³/mol. The molecule has 1 aliphatic rings. The molecule has 1 fully saturated rings. The first-order valence-electron chi connectivity index (χ1n) is 9.80. The number of urea groups is 1. The van der Waals surface area contributed by atoms with Crippen LogP contribution in [0.4, 0.5) is 23.7 Å². The molecule has 27 heavy (non-hydrogen) atoms. The van der Waals surface area contributed by atoms with E-state index in [0.29, 0.717) is 0 Å². The Kier molecular flexibility index (Phi) is 8.74. The van der Waals surface area contributed by atoms with Gasteiger partial charge in [-0.25, -0.2) is 4.79 Å². The lowest BCUT2D eigenvalue weighted by molar-refractivity contribution is -0.137. The lowest BCUT2D eigenvalue weighted by Crippen LogP contribution is -2.38. The van der Waals surface area contributed by atoms with Crippen LogP contribution in [-0.4, -0.2) is 12.1 Å². The van der Waals surface area contributed by atoms with E-state index in [1.54, 1.807) is 0 Å². The fourth-order valence-corrected chi connectivity index (χ4v) is 3.61. The van der Waals surface area contributed by atoms with Crippen molar-refractivity contribution < 1.29 is 18.0 Å². The number of carbonyl (C=O) groups is 1. The summed E-state index contributed by atoms with van der Waals surface area (Å²) >= 11 is 5.94. The molecular weight excluding hydrogens is 377 g/mol. The Balaban J connectivity index is 1.94. The highest BCUT2D eigenvalue weighted by molar-refractivity contribution is 6.33. The Hall–Kier alpha value is -1.43. The van der Waals surface area contributed by atoms with E-state index >= 15 is 0 Å². The van der Waals surface area contributed by atoms with Crippen molar-refractivity contribution in [3.63, 3.8) is 0 Å². The zero-order valence-electron chi connectivity index (χ0n) is 15.5. The molecule has 7 heteroatoms. The molecular formula is C20H28ClF3N2O. The van der Waals surface area contributed by atoms with Crippen LogP contribution in [0.15, 0.2) is 18.2 Å². The summed E-state index contributed by atoms with van der Waals surface area (Å²) in [5.74, 6) is 0. The Morgan fingerprint density at radius 1 is 0.926 bits per heavy atom. The maximum Gasteiger partial charge on any atom is 0.416 e. The molecule has 3 nitrogen and oxygen atoms in total. The second kappa shape index (κ2) is 10.8. The zero-order chi connectivity index (χ0) is 19.7. The Morgan fingerprint density at radius 3 is 1.96 bits per heavy atom. The average molecular weight is 405 g/mol. The van der Waals surface area contributed by atoms with Gasteiger partial charge >= 0.3 is 12.2 Å². The monoisotopic (exact) mass is 404 g/mol. The summed E-state index contributed by atoms with van der Waals surface area (Å²) in [4.78, 5) is 12.3. The highest BCUT2D eigenvalue weighted by Crippen LogP contribution is 2.33. The minimum absolute atomic E-state index is 0.0304. The van der Waals surface area contributed by atoms with E-state index in [9.17, 15) is 18.0 Å². The van der Waals surface area contributed by atoms with Crippen LogP contribution in [-0.2, 0) is 6.18 Å². The molecule has 0 unspecified atom stereocenters. The number of hydrogen-bond acceptors (Lipinski definition) is 1. The van der Waals surface area contributed by atoms with E-state index in [2.05, 4.69) is 10.6 Å². The van der Waals surface area contributed by atoms with Gasteiger partial charge in [-0.3, -0.25) is 0 Å². The summed E-state index contributed by atoms with van der Waals surface area (Å²) in [5, 5.41) is 5.47. The standard InChI is InChI=1S/C20H28ClF3N2O/c21-17-13-12-15(20(22,23)24)14-18(17)26-19(27)25-16-10-8-6-4-2-1-3-5-7-9-11-16/h12-14,16H,1-11H2,(H2,25,26,27). The SMILES string of the molecule is O=C(Nc1cc(C(F)(F)F)ccc1Cl)NC1CCCCCCCCCCC1. The van der Waals surface area contributed by atoms with E-state index in [-0.39, 0.29) is 16.8 Å². The van der Waals surface area contributed by atoms with Gasteiger partial charge in [0.05, 0.1) is 16.3 Å². The van der Waals surface area contributed by atoms with Gasteiger partial charge in [0.25, 0.3) is 0 Å². The van der Waals surface area contributed by atoms with Crippen LogP contribution in [0, 0.1) is 0 Å². The van der Waals surface area contributed by atoms with E-state index in [1.807, 2.05) is 0 Å². The van der Waals surface area contributed by atoms with Crippen LogP contribution >= 0.6 is 11.6 Å². The van der Waals surface area contributed by atoms with Gasteiger partial charge in [0.2, 0.25) is 0 Å². The third-order valence-corrected chi connectivity index (χ3v) is 5.31. The zero-order valence-corrected chi connectivity index (χ0v) is 16.3. The van der Waals surface area contributed by atoms with Gasteiger partial charge in [-0.1, -0.05) is 69.4 Å². The number of amides is 2. The molecule has 0 bridgehead atoms. The number of anilines is 1. The van der Waals surface area contributed by atoms with Crippen LogP contribution in [0.1, 0.15) is 76.2 Å². The van der Waals surface area contributed by atoms with Crippen molar-refractivity contribution in [1.82, 2.24) is 5.32 Å². The van der Waals surface area contributed by atoms with Crippen LogP contribution in [0.3, 0.4) is 0 Å². The largest absolute Gasteiger partial charge is 0.416 e. The maximum atomic E-state index is 12.9. The summed E-state index contributed by atoms with van der Waals surface area (Å²) in [5.41, 5.74) is -0.870. The lowest BCUT2D eigenvalue weighted by atomic mass is 9.98. The summed E-state index contributed by atoms with van der Waals surface area (Å²) in [6.07, 6.45) is 8.00. The van der Waals surface area contributed by atoms with Crippen molar-refractivity contribution >= 4 is 23.3 Å². The van der Waals surface area contributed by atoms with E-state index in [1.165, 1.54) is 32.1 Å². The molecule has 0 saturated heterocycles. The summed E-state index contributed by atoms with van der Waals surface area (Å²) in [7, 11) is 0. The normalized spacial score (nSPS) is 18.2. The Morgan fingerprint density at radius 2 is 1.44 bits per heavy atom. The second-order valence-corrected chi connectivity index (χ2v) is 7.65. The second-order valence-electron chi connectivity index (χ2n) is 7.25. The van der Waals surface area contributed by atoms with Gasteiger partial charge in [0, 0.05) is 6.04 Å². The molecule has 1 aromatic rings. The van der Waals surface area contributed by atoms with Crippen LogP contribution in [0.5, 0.6) is 0 Å². The fourth-order valence-electron chi connectivity index (χ4n) is 3.45.